The molecular formula is C21H19FN4O4. The Balaban J connectivity index is 1.41. The van der Waals surface area contributed by atoms with Crippen LogP contribution in [-0.2, 0) is 11.2 Å². The van der Waals surface area contributed by atoms with Crippen LogP contribution in [0.1, 0.15) is 15.9 Å². The molecule has 0 atom stereocenters. The zero-order valence-electron chi connectivity index (χ0n) is 16.0. The van der Waals surface area contributed by atoms with Crippen LogP contribution >= 0.6 is 0 Å². The molecule has 1 N–H and O–H groups in total. The number of aromatic amines is 1. The van der Waals surface area contributed by atoms with Crippen LogP contribution in [0.15, 0.2) is 48.7 Å². The number of nitro groups is 1. The van der Waals surface area contributed by atoms with Crippen molar-refractivity contribution >= 4 is 28.4 Å². The van der Waals surface area contributed by atoms with E-state index in [2.05, 4.69) is 4.98 Å². The number of carbonyl (C=O) groups is 2. The van der Waals surface area contributed by atoms with E-state index in [1.165, 1.54) is 24.3 Å². The van der Waals surface area contributed by atoms with Gasteiger partial charge in [-0.1, -0.05) is 12.1 Å². The second-order valence-corrected chi connectivity index (χ2v) is 7.17. The average molecular weight is 410 g/mol. The maximum Gasteiger partial charge on any atom is 0.270 e. The van der Waals surface area contributed by atoms with Crippen molar-refractivity contribution in [2.24, 2.45) is 0 Å². The van der Waals surface area contributed by atoms with Crippen molar-refractivity contribution in [2.45, 2.75) is 6.42 Å². The van der Waals surface area contributed by atoms with Gasteiger partial charge in [0.1, 0.15) is 5.82 Å². The number of carbonyl (C=O) groups excluding carboxylic acids is 2. The summed E-state index contributed by atoms with van der Waals surface area (Å²) < 4.78 is 13.0. The fourth-order valence-electron chi connectivity index (χ4n) is 3.62. The molecule has 0 aliphatic carbocycles. The first-order valence-electron chi connectivity index (χ1n) is 9.49. The molecule has 0 bridgehead atoms. The number of amides is 2. The van der Waals surface area contributed by atoms with Crippen LogP contribution in [-0.4, -0.2) is 57.7 Å². The first kappa shape index (κ1) is 19.6. The van der Waals surface area contributed by atoms with Crippen LogP contribution in [0, 0.1) is 15.9 Å². The number of nitro benzene ring substituents is 1. The van der Waals surface area contributed by atoms with Gasteiger partial charge >= 0.3 is 0 Å². The number of halogens is 1. The Kier molecular flexibility index (Phi) is 5.18. The van der Waals surface area contributed by atoms with Crippen molar-refractivity contribution in [1.82, 2.24) is 14.8 Å². The number of nitrogens with zero attached hydrogens (tertiary/aromatic N) is 3. The second kappa shape index (κ2) is 7.94. The van der Waals surface area contributed by atoms with Gasteiger partial charge in [0, 0.05) is 55.4 Å². The van der Waals surface area contributed by atoms with Crippen LogP contribution in [0.2, 0.25) is 0 Å². The van der Waals surface area contributed by atoms with Crippen LogP contribution in [0.25, 0.3) is 10.9 Å². The van der Waals surface area contributed by atoms with Crippen molar-refractivity contribution in [3.63, 3.8) is 0 Å². The number of rotatable bonds is 4. The maximum atomic E-state index is 13.0. The van der Waals surface area contributed by atoms with Crippen molar-refractivity contribution in [3.05, 3.63) is 75.7 Å². The predicted molar refractivity (Wildman–Crippen MR) is 108 cm³/mol. The molecule has 0 saturated carbocycles. The molecule has 2 aromatic carbocycles. The number of non-ortho nitro benzene ring substituents is 1. The molecule has 0 radical (unpaired) electrons. The number of benzene rings is 2. The Morgan fingerprint density at radius 1 is 1.03 bits per heavy atom. The summed E-state index contributed by atoms with van der Waals surface area (Å²) in [5, 5.41) is 11.5. The van der Waals surface area contributed by atoms with Gasteiger partial charge in [-0.05, 0) is 23.8 Å². The third-order valence-electron chi connectivity index (χ3n) is 5.29. The lowest BCUT2D eigenvalue weighted by atomic mass is 10.1. The SMILES string of the molecule is O=C(Cc1ccc(F)cc1)N1CCN(C(=O)c2c[nH]c3ccc([N+](=O)[O-])cc23)CC1. The van der Waals surface area contributed by atoms with Crippen molar-refractivity contribution in [3.8, 4) is 0 Å². The largest absolute Gasteiger partial charge is 0.360 e. The van der Waals surface area contributed by atoms with Crippen LogP contribution in [0.5, 0.6) is 0 Å². The van der Waals surface area contributed by atoms with Gasteiger partial charge in [0.25, 0.3) is 11.6 Å². The van der Waals surface area contributed by atoms with E-state index in [1.54, 1.807) is 34.2 Å². The molecule has 1 aliphatic heterocycles. The van der Waals surface area contributed by atoms with E-state index in [9.17, 15) is 24.1 Å². The smallest absolute Gasteiger partial charge is 0.270 e. The van der Waals surface area contributed by atoms with E-state index < -0.39 is 4.92 Å². The molecule has 0 spiro atoms. The monoisotopic (exact) mass is 410 g/mol. The van der Waals surface area contributed by atoms with Crippen LogP contribution in [0.3, 0.4) is 0 Å². The Morgan fingerprint density at radius 3 is 2.37 bits per heavy atom. The van der Waals surface area contributed by atoms with E-state index >= 15 is 0 Å². The summed E-state index contributed by atoms with van der Waals surface area (Å²) in [6.07, 6.45) is 1.74. The van der Waals surface area contributed by atoms with Gasteiger partial charge in [-0.2, -0.15) is 0 Å². The Hall–Kier alpha value is -3.75. The molecule has 4 rings (SSSR count). The Morgan fingerprint density at radius 2 is 1.70 bits per heavy atom. The van der Waals surface area contributed by atoms with Gasteiger partial charge in [0.15, 0.2) is 0 Å². The van der Waals surface area contributed by atoms with E-state index in [4.69, 9.17) is 0 Å². The first-order valence-corrected chi connectivity index (χ1v) is 9.49. The van der Waals surface area contributed by atoms with Crippen molar-refractivity contribution in [1.29, 1.82) is 0 Å². The second-order valence-electron chi connectivity index (χ2n) is 7.17. The van der Waals surface area contributed by atoms with E-state index in [0.717, 1.165) is 5.56 Å². The summed E-state index contributed by atoms with van der Waals surface area (Å²) in [7, 11) is 0. The molecule has 1 fully saturated rings. The van der Waals surface area contributed by atoms with Gasteiger partial charge in [-0.15, -0.1) is 0 Å². The molecule has 1 aromatic heterocycles. The standard InChI is InChI=1S/C21H19FN4O4/c22-15-3-1-14(2-4-15)11-20(27)24-7-9-25(10-8-24)21(28)18-13-23-19-6-5-16(26(29)30)12-17(18)19/h1-6,12-13,23H,7-11H2. The molecule has 9 heteroatoms. The van der Waals surface area contributed by atoms with Crippen LogP contribution < -0.4 is 0 Å². The maximum absolute atomic E-state index is 13.0. The molecule has 1 saturated heterocycles. The molecule has 8 nitrogen and oxygen atoms in total. The topological polar surface area (TPSA) is 99.6 Å². The average Bonchev–Trinajstić information content (AvgIpc) is 3.18. The fourth-order valence-corrected chi connectivity index (χ4v) is 3.62. The summed E-state index contributed by atoms with van der Waals surface area (Å²) in [6, 6.07) is 10.2. The first-order chi connectivity index (χ1) is 14.4. The molecule has 1 aliphatic rings. The number of hydrogen-bond donors (Lipinski definition) is 1. The quantitative estimate of drug-likeness (QED) is 0.528. The number of piperazine rings is 1. The lowest BCUT2D eigenvalue weighted by Crippen LogP contribution is -2.51. The Labute approximate surface area is 171 Å². The molecule has 154 valence electrons. The number of nitrogens with one attached hydrogen (secondary N) is 1. The number of aromatic nitrogens is 1. The third kappa shape index (κ3) is 3.86. The van der Waals surface area contributed by atoms with Crippen molar-refractivity contribution < 1.29 is 18.9 Å². The Bertz CT molecular complexity index is 1120. The summed E-state index contributed by atoms with van der Waals surface area (Å²) in [5.41, 5.74) is 1.68. The summed E-state index contributed by atoms with van der Waals surface area (Å²) in [5.74, 6) is -0.648. The number of H-pyrrole nitrogens is 1. The number of fused-ring (bicyclic) bond motifs is 1. The molecule has 3 aromatic rings. The molecular weight excluding hydrogens is 391 g/mol. The van der Waals surface area contributed by atoms with Gasteiger partial charge in [-0.25, -0.2) is 4.39 Å². The summed E-state index contributed by atoms with van der Waals surface area (Å²) >= 11 is 0. The zero-order valence-corrected chi connectivity index (χ0v) is 16.0. The minimum atomic E-state index is -0.494. The molecule has 0 unspecified atom stereocenters. The van der Waals surface area contributed by atoms with Gasteiger partial charge in [0.05, 0.1) is 16.9 Å². The highest BCUT2D eigenvalue weighted by Crippen LogP contribution is 2.25. The zero-order chi connectivity index (χ0) is 21.3. The van der Waals surface area contributed by atoms with Gasteiger partial charge < -0.3 is 14.8 Å². The predicted octanol–water partition coefficient (Wildman–Crippen LogP) is 2.74. The molecule has 2 amide bonds. The molecule has 30 heavy (non-hydrogen) atoms. The third-order valence-corrected chi connectivity index (χ3v) is 5.29. The summed E-state index contributed by atoms with van der Waals surface area (Å²) in [6.45, 7) is 1.54. The highest BCUT2D eigenvalue weighted by Gasteiger charge is 2.26. The molecule has 2 heterocycles. The lowest BCUT2D eigenvalue weighted by molar-refractivity contribution is -0.384. The van der Waals surface area contributed by atoms with E-state index in [-0.39, 0.29) is 29.7 Å². The minimum Gasteiger partial charge on any atom is -0.360 e. The fraction of sp³-hybridized carbons (Fsp3) is 0.238. The minimum absolute atomic E-state index is 0.0728. The van der Waals surface area contributed by atoms with Crippen LogP contribution in [0.4, 0.5) is 10.1 Å². The summed E-state index contributed by atoms with van der Waals surface area (Å²) in [4.78, 5) is 42.3. The van der Waals surface area contributed by atoms with Gasteiger partial charge in [-0.3, -0.25) is 19.7 Å². The van der Waals surface area contributed by atoms with Gasteiger partial charge in [0.2, 0.25) is 5.91 Å². The van der Waals surface area contributed by atoms with Crippen molar-refractivity contribution in [2.75, 3.05) is 26.2 Å². The normalized spacial score (nSPS) is 14.2. The highest BCUT2D eigenvalue weighted by atomic mass is 19.1. The lowest BCUT2D eigenvalue weighted by Gasteiger charge is -2.34. The van der Waals surface area contributed by atoms with E-state index in [0.29, 0.717) is 42.6 Å². The number of hydrogen-bond acceptors (Lipinski definition) is 4. The van der Waals surface area contributed by atoms with E-state index in [1.807, 2.05) is 0 Å². The highest BCUT2D eigenvalue weighted by molar-refractivity contribution is 6.07.